The zero-order chi connectivity index (χ0) is 20.7. The number of hydrogen-bond donors (Lipinski definition) is 2. The fourth-order valence-electron chi connectivity index (χ4n) is 4.58. The molecule has 1 fully saturated rings. The predicted octanol–water partition coefficient (Wildman–Crippen LogP) is 3.59. The van der Waals surface area contributed by atoms with E-state index in [1.807, 2.05) is 24.3 Å². The maximum absolute atomic E-state index is 12.9. The van der Waals surface area contributed by atoms with Crippen molar-refractivity contribution in [1.29, 1.82) is 0 Å². The van der Waals surface area contributed by atoms with Crippen molar-refractivity contribution in [3.05, 3.63) is 71.0 Å². The Kier molecular flexibility index (Phi) is 4.46. The molecule has 8 nitrogen and oxygen atoms in total. The summed E-state index contributed by atoms with van der Waals surface area (Å²) in [4.78, 5) is 25.9. The van der Waals surface area contributed by atoms with Gasteiger partial charge < -0.3 is 9.84 Å². The van der Waals surface area contributed by atoms with Gasteiger partial charge in [0.1, 0.15) is 12.3 Å². The largest absolute Gasteiger partial charge is 0.476 e. The lowest BCUT2D eigenvalue weighted by Gasteiger charge is -2.24. The molecule has 1 aliphatic heterocycles. The van der Waals surface area contributed by atoms with Crippen LogP contribution < -0.4 is 0 Å². The normalized spacial score (nSPS) is 17.6. The number of amides is 1. The van der Waals surface area contributed by atoms with Crippen molar-refractivity contribution in [2.75, 3.05) is 13.2 Å². The highest BCUT2D eigenvalue weighted by Crippen LogP contribution is 2.44. The van der Waals surface area contributed by atoms with Crippen molar-refractivity contribution in [3.63, 3.8) is 0 Å². The third kappa shape index (κ3) is 2.92. The molecule has 30 heavy (non-hydrogen) atoms. The number of aromatic carboxylic acids is 1. The van der Waals surface area contributed by atoms with E-state index in [4.69, 9.17) is 4.74 Å². The zero-order valence-electron chi connectivity index (χ0n) is 16.1. The van der Waals surface area contributed by atoms with Gasteiger partial charge in [0, 0.05) is 12.5 Å². The van der Waals surface area contributed by atoms with Gasteiger partial charge in [-0.1, -0.05) is 48.5 Å². The monoisotopic (exact) mass is 404 g/mol. The second-order valence-electron chi connectivity index (χ2n) is 7.52. The van der Waals surface area contributed by atoms with Crippen LogP contribution in [-0.2, 0) is 4.74 Å². The van der Waals surface area contributed by atoms with Crippen LogP contribution in [0.5, 0.6) is 0 Å². The third-order valence-electron chi connectivity index (χ3n) is 5.92. The van der Waals surface area contributed by atoms with Gasteiger partial charge in [-0.2, -0.15) is 10.3 Å². The molecule has 0 saturated carbocycles. The van der Waals surface area contributed by atoms with Crippen LogP contribution >= 0.6 is 0 Å². The number of ether oxygens (including phenoxy) is 1. The summed E-state index contributed by atoms with van der Waals surface area (Å²) in [5, 5.41) is 19.4. The van der Waals surface area contributed by atoms with Crippen LogP contribution in [0.3, 0.4) is 0 Å². The number of rotatable bonds is 4. The van der Waals surface area contributed by atoms with E-state index in [1.165, 1.54) is 11.1 Å². The van der Waals surface area contributed by atoms with Crippen LogP contribution in [0.25, 0.3) is 11.1 Å². The standard InChI is InChI=1S/C22H20N4O4/c27-21(28)20-19(23-25-24-20)18-10-5-11-26(18)22(29)30-12-17-15-8-3-1-6-13(15)14-7-2-4-9-16(14)17/h1-4,6-9,17-18H,5,10-12H2,(H,27,28)(H,23,24,25). The van der Waals surface area contributed by atoms with E-state index in [0.717, 1.165) is 17.5 Å². The van der Waals surface area contributed by atoms with Crippen LogP contribution in [-0.4, -0.2) is 50.6 Å². The molecule has 8 heteroatoms. The number of hydrogen-bond acceptors (Lipinski definition) is 5. The fourth-order valence-corrected chi connectivity index (χ4v) is 4.58. The molecule has 152 valence electrons. The molecule has 1 amide bonds. The average molecular weight is 404 g/mol. The Hall–Kier alpha value is -3.68. The molecular formula is C22H20N4O4. The molecule has 2 aliphatic rings. The number of aromatic nitrogens is 3. The highest BCUT2D eigenvalue weighted by molar-refractivity contribution is 5.86. The molecule has 2 aromatic carbocycles. The van der Waals surface area contributed by atoms with Gasteiger partial charge in [-0.25, -0.2) is 9.59 Å². The number of carboxylic acid groups (broad SMARTS) is 1. The highest BCUT2D eigenvalue weighted by Gasteiger charge is 2.37. The summed E-state index contributed by atoms with van der Waals surface area (Å²) >= 11 is 0. The molecular weight excluding hydrogens is 384 g/mol. The summed E-state index contributed by atoms with van der Waals surface area (Å²) in [5.74, 6) is -1.19. The van der Waals surface area contributed by atoms with E-state index in [9.17, 15) is 14.7 Å². The van der Waals surface area contributed by atoms with Gasteiger partial charge in [-0.15, -0.1) is 5.10 Å². The number of carbonyl (C=O) groups is 2. The van der Waals surface area contributed by atoms with E-state index >= 15 is 0 Å². The summed E-state index contributed by atoms with van der Waals surface area (Å²) in [7, 11) is 0. The topological polar surface area (TPSA) is 108 Å². The number of H-pyrrole nitrogens is 1. The molecule has 1 saturated heterocycles. The van der Waals surface area contributed by atoms with Crippen LogP contribution in [0.15, 0.2) is 48.5 Å². The number of carboxylic acids is 1. The fraction of sp³-hybridized carbons (Fsp3) is 0.273. The first-order valence-electron chi connectivity index (χ1n) is 9.90. The van der Waals surface area contributed by atoms with Gasteiger partial charge in [0.25, 0.3) is 0 Å². The van der Waals surface area contributed by atoms with Crippen LogP contribution in [0.1, 0.15) is 52.1 Å². The lowest BCUT2D eigenvalue weighted by Crippen LogP contribution is -2.33. The minimum Gasteiger partial charge on any atom is -0.476 e. The average Bonchev–Trinajstić information content (AvgIpc) is 3.49. The minimum atomic E-state index is -1.17. The molecule has 1 atom stereocenters. The van der Waals surface area contributed by atoms with Crippen molar-refractivity contribution in [2.24, 2.45) is 0 Å². The summed E-state index contributed by atoms with van der Waals surface area (Å²) in [5.41, 5.74) is 4.75. The van der Waals surface area contributed by atoms with E-state index in [1.54, 1.807) is 4.90 Å². The molecule has 2 heterocycles. The second kappa shape index (κ2) is 7.29. The smallest absolute Gasteiger partial charge is 0.410 e. The van der Waals surface area contributed by atoms with E-state index in [-0.39, 0.29) is 23.9 Å². The molecule has 1 unspecified atom stereocenters. The van der Waals surface area contributed by atoms with Gasteiger partial charge in [0.05, 0.1) is 6.04 Å². The maximum atomic E-state index is 12.9. The summed E-state index contributed by atoms with van der Waals surface area (Å²) < 4.78 is 5.73. The van der Waals surface area contributed by atoms with E-state index in [0.29, 0.717) is 13.0 Å². The Bertz CT molecular complexity index is 1080. The van der Waals surface area contributed by atoms with Crippen molar-refractivity contribution >= 4 is 12.1 Å². The lowest BCUT2D eigenvalue weighted by atomic mass is 9.98. The van der Waals surface area contributed by atoms with Crippen molar-refractivity contribution in [2.45, 2.75) is 24.8 Å². The molecule has 5 rings (SSSR count). The molecule has 2 N–H and O–H groups in total. The Morgan fingerprint density at radius 3 is 2.40 bits per heavy atom. The van der Waals surface area contributed by atoms with Gasteiger partial charge in [0.2, 0.25) is 0 Å². The number of fused-ring (bicyclic) bond motifs is 3. The van der Waals surface area contributed by atoms with Gasteiger partial charge in [0.15, 0.2) is 5.69 Å². The Morgan fingerprint density at radius 2 is 1.73 bits per heavy atom. The summed E-state index contributed by atoms with van der Waals surface area (Å²) in [6.45, 7) is 0.716. The molecule has 3 aromatic rings. The Labute approximate surface area is 172 Å². The summed E-state index contributed by atoms with van der Waals surface area (Å²) in [6, 6.07) is 15.9. The van der Waals surface area contributed by atoms with Crippen molar-refractivity contribution in [1.82, 2.24) is 20.3 Å². The van der Waals surface area contributed by atoms with Gasteiger partial charge in [-0.3, -0.25) is 4.90 Å². The zero-order valence-corrected chi connectivity index (χ0v) is 16.1. The quantitative estimate of drug-likeness (QED) is 0.688. The number of nitrogens with zero attached hydrogens (tertiary/aromatic N) is 3. The van der Waals surface area contributed by atoms with E-state index < -0.39 is 18.1 Å². The Balaban J connectivity index is 1.35. The SMILES string of the molecule is O=C(O)c1n[nH]nc1C1CCCN1C(=O)OCC1c2ccccc2-c2ccccc21. The van der Waals surface area contributed by atoms with Crippen molar-refractivity contribution in [3.8, 4) is 11.1 Å². The second-order valence-corrected chi connectivity index (χ2v) is 7.52. The first-order chi connectivity index (χ1) is 14.6. The number of carbonyl (C=O) groups excluding carboxylic acids is 1. The van der Waals surface area contributed by atoms with Crippen LogP contribution in [0.4, 0.5) is 4.79 Å². The molecule has 0 radical (unpaired) electrons. The van der Waals surface area contributed by atoms with Gasteiger partial charge in [-0.05, 0) is 35.1 Å². The molecule has 0 spiro atoms. The molecule has 1 aliphatic carbocycles. The van der Waals surface area contributed by atoms with Crippen LogP contribution in [0, 0.1) is 0 Å². The Morgan fingerprint density at radius 1 is 1.07 bits per heavy atom. The third-order valence-corrected chi connectivity index (χ3v) is 5.92. The van der Waals surface area contributed by atoms with Crippen molar-refractivity contribution < 1.29 is 19.4 Å². The predicted molar refractivity (Wildman–Crippen MR) is 107 cm³/mol. The number of benzene rings is 2. The molecule has 1 aromatic heterocycles. The van der Waals surface area contributed by atoms with E-state index in [2.05, 4.69) is 39.7 Å². The van der Waals surface area contributed by atoms with Crippen LogP contribution in [0.2, 0.25) is 0 Å². The number of nitrogens with one attached hydrogen (secondary N) is 1. The first kappa shape index (κ1) is 18.4. The summed E-state index contributed by atoms with van der Waals surface area (Å²) in [6.07, 6.45) is 0.913. The minimum absolute atomic E-state index is 0.0240. The number of likely N-dealkylation sites (tertiary alicyclic amines) is 1. The maximum Gasteiger partial charge on any atom is 0.410 e. The molecule has 0 bridgehead atoms. The number of aromatic amines is 1. The van der Waals surface area contributed by atoms with Gasteiger partial charge >= 0.3 is 12.1 Å². The highest BCUT2D eigenvalue weighted by atomic mass is 16.6. The first-order valence-corrected chi connectivity index (χ1v) is 9.90. The lowest BCUT2D eigenvalue weighted by molar-refractivity contribution is 0.0682.